The molecule has 8 heavy (non-hydrogen) atoms. The summed E-state index contributed by atoms with van der Waals surface area (Å²) in [6.07, 6.45) is -0.0203. The predicted molar refractivity (Wildman–Crippen MR) is 38.4 cm³/mol. The molecule has 3 heteroatoms. The molecule has 0 N–H and O–H groups in total. The van der Waals surface area contributed by atoms with Crippen molar-refractivity contribution in [2.24, 2.45) is 5.92 Å². The van der Waals surface area contributed by atoms with Gasteiger partial charge in [-0.1, -0.05) is 13.8 Å². The van der Waals surface area contributed by atoms with E-state index in [1.54, 1.807) is 13.8 Å². The second-order valence-corrected chi connectivity index (χ2v) is 3.79. The van der Waals surface area contributed by atoms with Crippen molar-refractivity contribution in [1.82, 2.24) is 0 Å². The van der Waals surface area contributed by atoms with Gasteiger partial charge in [-0.15, -0.1) is 0 Å². The molecule has 0 saturated carbocycles. The van der Waals surface area contributed by atoms with Crippen LogP contribution in [0.1, 0.15) is 20.3 Å². The quantitative estimate of drug-likeness (QED) is 0.508. The van der Waals surface area contributed by atoms with E-state index in [1.165, 1.54) is 0 Å². The Balaban J connectivity index is 3.39. The molecule has 0 aliphatic carbocycles. The average Bonchev–Trinajstić information content (AvgIpc) is 1.21. The number of hydrogen-bond donors (Lipinski definition) is 0. The van der Waals surface area contributed by atoms with Crippen LogP contribution >= 0.6 is 22.6 Å². The summed E-state index contributed by atoms with van der Waals surface area (Å²) in [5, 5.41) is 0. The maximum absolute atomic E-state index is 12.0. The molecule has 0 atom stereocenters. The summed E-state index contributed by atoms with van der Waals surface area (Å²) in [7, 11) is 0. The van der Waals surface area contributed by atoms with Gasteiger partial charge in [0, 0.05) is 6.42 Å². The minimum absolute atomic E-state index is 0.0203. The Labute approximate surface area is 61.8 Å². The first kappa shape index (κ1) is 8.59. The lowest BCUT2D eigenvalue weighted by Crippen LogP contribution is -2.07. The highest BCUT2D eigenvalue weighted by atomic mass is 127. The molecule has 0 amide bonds. The molecular formula is C5H9F2I. The topological polar surface area (TPSA) is 0 Å². The van der Waals surface area contributed by atoms with E-state index in [1.807, 2.05) is 0 Å². The number of alkyl halides is 3. The normalized spacial score (nSPS) is 12.8. The highest BCUT2D eigenvalue weighted by Crippen LogP contribution is 2.29. The maximum Gasteiger partial charge on any atom is 0.296 e. The fourth-order valence-electron chi connectivity index (χ4n) is 0.463. The van der Waals surface area contributed by atoms with Crippen molar-refractivity contribution in [1.29, 1.82) is 0 Å². The Morgan fingerprint density at radius 3 is 1.88 bits per heavy atom. The largest absolute Gasteiger partial charge is 0.296 e. The van der Waals surface area contributed by atoms with Crippen molar-refractivity contribution in [3.8, 4) is 0 Å². The average molecular weight is 234 g/mol. The van der Waals surface area contributed by atoms with Gasteiger partial charge in [0.2, 0.25) is 0 Å². The van der Waals surface area contributed by atoms with Crippen LogP contribution in [0, 0.1) is 5.92 Å². The van der Waals surface area contributed by atoms with Gasteiger partial charge in [-0.05, 0) is 28.5 Å². The molecule has 0 bridgehead atoms. The third-order valence-corrected chi connectivity index (χ3v) is 1.08. The Kier molecular flexibility index (Phi) is 3.16. The zero-order chi connectivity index (χ0) is 6.78. The molecule has 0 aromatic carbocycles. The molecule has 0 radical (unpaired) electrons. The monoisotopic (exact) mass is 234 g/mol. The van der Waals surface area contributed by atoms with Crippen LogP contribution in [-0.2, 0) is 0 Å². The number of hydrogen-bond acceptors (Lipinski definition) is 0. The first-order valence-electron chi connectivity index (χ1n) is 2.48. The van der Waals surface area contributed by atoms with E-state index in [-0.39, 0.29) is 12.3 Å². The van der Waals surface area contributed by atoms with Crippen LogP contribution in [0.4, 0.5) is 8.78 Å². The third kappa shape index (κ3) is 6.59. The molecule has 0 fully saturated rings. The zero-order valence-electron chi connectivity index (χ0n) is 4.92. The molecule has 0 aliphatic rings. The van der Waals surface area contributed by atoms with Crippen molar-refractivity contribution < 1.29 is 8.78 Å². The van der Waals surface area contributed by atoms with E-state index in [4.69, 9.17) is 0 Å². The lowest BCUT2D eigenvalue weighted by Gasteiger charge is -2.09. The van der Waals surface area contributed by atoms with Crippen molar-refractivity contribution in [3.63, 3.8) is 0 Å². The van der Waals surface area contributed by atoms with E-state index in [0.29, 0.717) is 0 Å². The first-order chi connectivity index (χ1) is 3.42. The number of halogens is 3. The Bertz CT molecular complexity index is 65.3. The Hall–Kier alpha value is 0.590. The molecule has 0 nitrogen and oxygen atoms in total. The summed E-state index contributed by atoms with van der Waals surface area (Å²) in [6.45, 7) is 3.57. The molecular weight excluding hydrogens is 225 g/mol. The van der Waals surface area contributed by atoms with Crippen LogP contribution in [0.5, 0.6) is 0 Å². The standard InChI is InChI=1S/C5H9F2I/c1-4(2)3-5(6,7)8/h4H,3H2,1-2H3. The van der Waals surface area contributed by atoms with Crippen LogP contribution in [0.3, 0.4) is 0 Å². The minimum atomic E-state index is -2.51. The lowest BCUT2D eigenvalue weighted by atomic mass is 10.1. The van der Waals surface area contributed by atoms with Crippen LogP contribution in [0.15, 0.2) is 0 Å². The van der Waals surface area contributed by atoms with Crippen LogP contribution in [0.2, 0.25) is 0 Å². The Morgan fingerprint density at radius 2 is 1.88 bits per heavy atom. The minimum Gasteiger partial charge on any atom is -0.195 e. The molecule has 0 spiro atoms. The van der Waals surface area contributed by atoms with E-state index < -0.39 is 3.93 Å². The van der Waals surface area contributed by atoms with Crippen molar-refractivity contribution in [3.05, 3.63) is 0 Å². The molecule has 0 unspecified atom stereocenters. The van der Waals surface area contributed by atoms with Crippen molar-refractivity contribution in [2.45, 2.75) is 24.2 Å². The van der Waals surface area contributed by atoms with Gasteiger partial charge >= 0.3 is 0 Å². The fraction of sp³-hybridized carbons (Fsp3) is 1.00. The Morgan fingerprint density at radius 1 is 1.50 bits per heavy atom. The third-order valence-electron chi connectivity index (χ3n) is 0.640. The highest BCUT2D eigenvalue weighted by molar-refractivity contribution is 14.1. The second-order valence-electron chi connectivity index (χ2n) is 2.21. The van der Waals surface area contributed by atoms with Gasteiger partial charge in [-0.3, -0.25) is 0 Å². The van der Waals surface area contributed by atoms with E-state index in [2.05, 4.69) is 0 Å². The molecule has 0 aliphatic heterocycles. The summed E-state index contributed by atoms with van der Waals surface area (Å²) in [5.74, 6) is 0.0851. The van der Waals surface area contributed by atoms with Gasteiger partial charge in [0.05, 0.1) is 0 Å². The molecule has 0 saturated heterocycles. The van der Waals surface area contributed by atoms with E-state index >= 15 is 0 Å². The lowest BCUT2D eigenvalue weighted by molar-refractivity contribution is 0.101. The molecule has 50 valence electrons. The van der Waals surface area contributed by atoms with E-state index in [9.17, 15) is 8.78 Å². The van der Waals surface area contributed by atoms with Crippen molar-refractivity contribution >= 4 is 22.6 Å². The summed E-state index contributed by atoms with van der Waals surface area (Å²) in [6, 6.07) is 0. The second kappa shape index (κ2) is 2.94. The van der Waals surface area contributed by atoms with Crippen LogP contribution < -0.4 is 0 Å². The summed E-state index contributed by atoms with van der Waals surface area (Å²) in [4.78, 5) is 0. The highest BCUT2D eigenvalue weighted by Gasteiger charge is 2.24. The molecule has 0 rings (SSSR count). The first-order valence-corrected chi connectivity index (χ1v) is 3.56. The molecule has 0 aromatic heterocycles. The number of rotatable bonds is 2. The van der Waals surface area contributed by atoms with Gasteiger partial charge in [0.15, 0.2) is 0 Å². The molecule has 0 aromatic rings. The van der Waals surface area contributed by atoms with Gasteiger partial charge in [-0.2, -0.15) is 8.78 Å². The van der Waals surface area contributed by atoms with Crippen LogP contribution in [-0.4, -0.2) is 3.93 Å². The van der Waals surface area contributed by atoms with Crippen molar-refractivity contribution in [2.75, 3.05) is 0 Å². The SMILES string of the molecule is CC(C)CC(F)(F)I. The fourth-order valence-corrected chi connectivity index (χ4v) is 1.34. The maximum atomic E-state index is 12.0. The summed E-state index contributed by atoms with van der Waals surface area (Å²) >= 11 is 1.16. The van der Waals surface area contributed by atoms with Gasteiger partial charge < -0.3 is 0 Å². The molecule has 0 heterocycles. The van der Waals surface area contributed by atoms with Gasteiger partial charge in [0.25, 0.3) is 3.93 Å². The summed E-state index contributed by atoms with van der Waals surface area (Å²) in [5.41, 5.74) is 0. The predicted octanol–water partition coefficient (Wildman–Crippen LogP) is 3.06. The van der Waals surface area contributed by atoms with Crippen LogP contribution in [0.25, 0.3) is 0 Å². The zero-order valence-corrected chi connectivity index (χ0v) is 7.08. The van der Waals surface area contributed by atoms with Gasteiger partial charge in [0.1, 0.15) is 0 Å². The summed E-state index contributed by atoms with van der Waals surface area (Å²) < 4.78 is 21.4. The van der Waals surface area contributed by atoms with E-state index in [0.717, 1.165) is 22.6 Å². The van der Waals surface area contributed by atoms with Gasteiger partial charge in [-0.25, -0.2) is 0 Å². The smallest absolute Gasteiger partial charge is 0.195 e.